The number of rotatable bonds is 6. The Morgan fingerprint density at radius 3 is 2.69 bits per heavy atom. The minimum Gasteiger partial charge on any atom is -0.496 e. The maximum absolute atomic E-state index is 11.9. The third-order valence-corrected chi connectivity index (χ3v) is 7.31. The maximum atomic E-state index is 11.9. The summed E-state index contributed by atoms with van der Waals surface area (Å²) in [6.07, 6.45) is 6.31. The molecule has 5 rings (SSSR count). The SMILES string of the molecule is COc1cccc2c1C(=CCCN1CCC(N=O)(c3ccc(Cl)cc3)CC1)c1cccnc1CO2. The number of hydrogen-bond acceptors (Lipinski definition) is 6. The Kier molecular flexibility index (Phi) is 6.84. The van der Waals surface area contributed by atoms with Crippen LogP contribution < -0.4 is 9.47 Å². The Hall–Kier alpha value is -3.22. The van der Waals surface area contributed by atoms with Crippen molar-refractivity contribution in [3.05, 3.63) is 99.2 Å². The molecule has 3 heterocycles. The van der Waals surface area contributed by atoms with Crippen LogP contribution in [0, 0.1) is 4.91 Å². The number of ether oxygens (including phenoxy) is 2. The summed E-state index contributed by atoms with van der Waals surface area (Å²) < 4.78 is 11.8. The molecule has 0 atom stereocenters. The summed E-state index contributed by atoms with van der Waals surface area (Å²) in [5, 5.41) is 4.25. The van der Waals surface area contributed by atoms with E-state index in [1.165, 1.54) is 0 Å². The molecule has 2 aliphatic heterocycles. The molecule has 1 fully saturated rings. The minimum atomic E-state index is -0.672. The monoisotopic (exact) mass is 489 g/mol. The van der Waals surface area contributed by atoms with Crippen molar-refractivity contribution in [2.45, 2.75) is 31.4 Å². The van der Waals surface area contributed by atoms with Crippen molar-refractivity contribution in [3.63, 3.8) is 0 Å². The van der Waals surface area contributed by atoms with Gasteiger partial charge >= 0.3 is 0 Å². The number of halogens is 1. The second-order valence-corrected chi connectivity index (χ2v) is 9.43. The molecule has 0 amide bonds. The molecular weight excluding hydrogens is 462 g/mol. The first-order valence-corrected chi connectivity index (χ1v) is 12.3. The molecule has 0 unspecified atom stereocenters. The van der Waals surface area contributed by atoms with Gasteiger partial charge in [-0.1, -0.05) is 47.1 Å². The van der Waals surface area contributed by atoms with E-state index in [2.05, 4.69) is 27.2 Å². The number of pyridine rings is 1. The van der Waals surface area contributed by atoms with Gasteiger partial charge in [0.05, 0.1) is 18.4 Å². The van der Waals surface area contributed by atoms with Crippen LogP contribution in [-0.4, -0.2) is 36.6 Å². The van der Waals surface area contributed by atoms with Crippen molar-refractivity contribution >= 4 is 17.2 Å². The number of likely N-dealkylation sites (tertiary alicyclic amines) is 1. The van der Waals surface area contributed by atoms with Crippen LogP contribution in [-0.2, 0) is 12.1 Å². The molecule has 1 saturated heterocycles. The molecule has 0 bridgehead atoms. The molecule has 0 aliphatic carbocycles. The third-order valence-electron chi connectivity index (χ3n) is 7.06. The van der Waals surface area contributed by atoms with Gasteiger partial charge in [0, 0.05) is 36.4 Å². The largest absolute Gasteiger partial charge is 0.496 e. The molecule has 2 aliphatic rings. The number of benzene rings is 2. The summed E-state index contributed by atoms with van der Waals surface area (Å²) in [5.41, 5.74) is 4.31. The lowest BCUT2D eigenvalue weighted by molar-refractivity contribution is 0.164. The van der Waals surface area contributed by atoms with E-state index in [1.807, 2.05) is 48.5 Å². The Labute approximate surface area is 210 Å². The lowest BCUT2D eigenvalue weighted by atomic mass is 9.82. The van der Waals surface area contributed by atoms with Crippen molar-refractivity contribution < 1.29 is 9.47 Å². The van der Waals surface area contributed by atoms with Gasteiger partial charge in [-0.25, -0.2) is 0 Å². The van der Waals surface area contributed by atoms with E-state index in [1.54, 1.807) is 13.3 Å². The van der Waals surface area contributed by atoms with Crippen molar-refractivity contribution in [3.8, 4) is 11.5 Å². The Bertz CT molecular complexity index is 1230. The molecule has 3 aromatic rings. The number of aromatic nitrogens is 1. The fourth-order valence-electron chi connectivity index (χ4n) is 5.09. The van der Waals surface area contributed by atoms with Gasteiger partial charge in [-0.15, -0.1) is 4.91 Å². The number of methoxy groups -OCH3 is 1. The number of nitrogens with zero attached hydrogens (tertiary/aromatic N) is 3. The van der Waals surface area contributed by atoms with Gasteiger partial charge in [0.25, 0.3) is 0 Å². The van der Waals surface area contributed by atoms with E-state index < -0.39 is 5.54 Å². The standard InChI is InChI=1S/C28H28ClN3O3/c1-34-25-7-2-8-26-27(25)23(22-5-3-15-30-24(22)19-35-26)6-4-16-32-17-13-28(31-33,14-18-32)20-9-11-21(29)12-10-20/h2-3,5-12,15H,4,13-14,16-19H2,1H3. The topological polar surface area (TPSA) is 64.0 Å². The van der Waals surface area contributed by atoms with E-state index >= 15 is 0 Å². The van der Waals surface area contributed by atoms with E-state index in [-0.39, 0.29) is 0 Å². The Balaban J connectivity index is 1.34. The second kappa shape index (κ2) is 10.2. The van der Waals surface area contributed by atoms with E-state index in [0.717, 1.165) is 65.5 Å². The Morgan fingerprint density at radius 1 is 1.14 bits per heavy atom. The first kappa shape index (κ1) is 23.5. The second-order valence-electron chi connectivity index (χ2n) is 9.00. The van der Waals surface area contributed by atoms with Crippen LogP contribution in [0.25, 0.3) is 5.57 Å². The zero-order chi connectivity index (χ0) is 24.3. The summed E-state index contributed by atoms with van der Waals surface area (Å²) in [6.45, 7) is 2.95. The molecular formula is C28H28ClN3O3. The van der Waals surface area contributed by atoms with E-state index in [0.29, 0.717) is 24.5 Å². The number of nitroso groups, excluding NO2 is 1. The maximum Gasteiger partial charge on any atom is 0.131 e. The molecule has 0 radical (unpaired) electrons. The third kappa shape index (κ3) is 4.68. The van der Waals surface area contributed by atoms with Gasteiger partial charge < -0.3 is 14.4 Å². The molecule has 1 aromatic heterocycles. The predicted molar refractivity (Wildman–Crippen MR) is 138 cm³/mol. The van der Waals surface area contributed by atoms with Gasteiger partial charge in [-0.05, 0) is 60.7 Å². The van der Waals surface area contributed by atoms with Crippen LogP contribution >= 0.6 is 11.6 Å². The highest BCUT2D eigenvalue weighted by molar-refractivity contribution is 6.30. The Morgan fingerprint density at radius 2 is 1.94 bits per heavy atom. The van der Waals surface area contributed by atoms with Crippen LogP contribution in [0.5, 0.6) is 11.5 Å². The van der Waals surface area contributed by atoms with Gasteiger partial charge in [0.15, 0.2) is 0 Å². The molecule has 0 spiro atoms. The molecule has 180 valence electrons. The first-order chi connectivity index (χ1) is 17.1. The molecule has 2 aromatic carbocycles. The predicted octanol–water partition coefficient (Wildman–Crippen LogP) is 6.22. The van der Waals surface area contributed by atoms with Crippen LogP contribution in [0.3, 0.4) is 0 Å². The van der Waals surface area contributed by atoms with Crippen molar-refractivity contribution in [1.82, 2.24) is 9.88 Å². The van der Waals surface area contributed by atoms with Crippen molar-refractivity contribution in [2.24, 2.45) is 5.18 Å². The van der Waals surface area contributed by atoms with Crippen molar-refractivity contribution in [1.29, 1.82) is 0 Å². The number of piperidine rings is 1. The highest BCUT2D eigenvalue weighted by atomic mass is 35.5. The summed E-state index contributed by atoms with van der Waals surface area (Å²) in [4.78, 5) is 18.8. The highest BCUT2D eigenvalue weighted by Gasteiger charge is 2.37. The quantitative estimate of drug-likeness (QED) is 0.385. The van der Waals surface area contributed by atoms with Gasteiger partial charge in [-0.2, -0.15) is 0 Å². The summed E-state index contributed by atoms with van der Waals surface area (Å²) in [6, 6.07) is 17.4. The van der Waals surface area contributed by atoms with Crippen molar-refractivity contribution in [2.75, 3.05) is 26.7 Å². The fraction of sp³-hybridized carbons (Fsp3) is 0.321. The van der Waals surface area contributed by atoms with Crippen LogP contribution in [0.15, 0.2) is 72.0 Å². The fourth-order valence-corrected chi connectivity index (χ4v) is 5.21. The van der Waals surface area contributed by atoms with E-state index in [4.69, 9.17) is 21.1 Å². The molecule has 0 saturated carbocycles. The van der Waals surface area contributed by atoms with Crippen LogP contribution in [0.4, 0.5) is 0 Å². The molecule has 6 nitrogen and oxygen atoms in total. The molecule has 0 N–H and O–H groups in total. The zero-order valence-electron chi connectivity index (χ0n) is 19.7. The van der Waals surface area contributed by atoms with E-state index in [9.17, 15) is 4.91 Å². The van der Waals surface area contributed by atoms with Gasteiger partial charge in [-0.3, -0.25) is 4.98 Å². The molecule has 7 heteroatoms. The summed E-state index contributed by atoms with van der Waals surface area (Å²) in [5.74, 6) is 1.59. The number of hydrogen-bond donors (Lipinski definition) is 0. The average Bonchev–Trinajstić information content (AvgIpc) is 3.07. The number of fused-ring (bicyclic) bond motifs is 2. The normalized spacial score (nSPS) is 18.2. The summed E-state index contributed by atoms with van der Waals surface area (Å²) in [7, 11) is 1.68. The summed E-state index contributed by atoms with van der Waals surface area (Å²) >= 11 is 6.03. The zero-order valence-corrected chi connectivity index (χ0v) is 20.5. The minimum absolute atomic E-state index is 0.422. The lowest BCUT2D eigenvalue weighted by Gasteiger charge is -2.37. The van der Waals surface area contributed by atoms with Gasteiger partial charge in [0.2, 0.25) is 0 Å². The average molecular weight is 490 g/mol. The smallest absolute Gasteiger partial charge is 0.131 e. The van der Waals surface area contributed by atoms with Crippen LogP contribution in [0.1, 0.15) is 41.6 Å². The molecule has 35 heavy (non-hydrogen) atoms. The van der Waals surface area contributed by atoms with Crippen LogP contribution in [0.2, 0.25) is 5.02 Å². The van der Waals surface area contributed by atoms with Gasteiger partial charge in [0.1, 0.15) is 23.6 Å². The lowest BCUT2D eigenvalue weighted by Crippen LogP contribution is -2.41. The highest BCUT2D eigenvalue weighted by Crippen LogP contribution is 2.42. The first-order valence-electron chi connectivity index (χ1n) is 11.9.